The number of benzene rings is 2. The largest absolute Gasteiger partial charge is 0.454 e. The van der Waals surface area contributed by atoms with Gasteiger partial charge >= 0.3 is 0 Å². The lowest BCUT2D eigenvalue weighted by molar-refractivity contribution is -0.115. The fourth-order valence-electron chi connectivity index (χ4n) is 3.13. The first-order valence-electron chi connectivity index (χ1n) is 8.87. The molecule has 0 fully saturated rings. The molecular formula is C20H15FN4O3S. The second kappa shape index (κ2) is 6.85. The summed E-state index contributed by atoms with van der Waals surface area (Å²) in [4.78, 5) is 17.1. The highest BCUT2D eigenvalue weighted by atomic mass is 32.1. The van der Waals surface area contributed by atoms with Gasteiger partial charge in [0.1, 0.15) is 11.6 Å². The predicted molar refractivity (Wildman–Crippen MR) is 106 cm³/mol. The van der Waals surface area contributed by atoms with Crippen LogP contribution in [0.25, 0.3) is 15.3 Å². The van der Waals surface area contributed by atoms with Crippen LogP contribution >= 0.6 is 11.3 Å². The molecule has 0 saturated heterocycles. The fourth-order valence-corrected chi connectivity index (χ4v) is 4.09. The van der Waals surface area contributed by atoms with Crippen LogP contribution in [0.15, 0.2) is 42.5 Å². The maximum absolute atomic E-state index is 13.5. The van der Waals surface area contributed by atoms with Gasteiger partial charge in [-0.2, -0.15) is 9.78 Å². The van der Waals surface area contributed by atoms with Gasteiger partial charge in [0.25, 0.3) is 0 Å². The molecule has 2 aromatic heterocycles. The molecule has 9 heteroatoms. The number of amides is 1. The van der Waals surface area contributed by atoms with Crippen molar-refractivity contribution in [2.24, 2.45) is 0 Å². The molecule has 2 aromatic carbocycles. The van der Waals surface area contributed by atoms with Crippen LogP contribution in [0, 0.1) is 12.7 Å². The standard InChI is InChI=1S/C20H15FN4O3S/c1-11-6-18(23-19(26)8-12-2-5-15-16(7-12)28-10-27-15)25(24-11)20-22-14-4-3-13(21)9-17(14)29-20/h2-7,9H,8,10H2,1H3,(H,23,26). The number of hydrogen-bond donors (Lipinski definition) is 1. The molecule has 0 radical (unpaired) electrons. The van der Waals surface area contributed by atoms with Crippen molar-refractivity contribution in [3.63, 3.8) is 0 Å². The molecule has 7 nitrogen and oxygen atoms in total. The van der Waals surface area contributed by atoms with Gasteiger partial charge in [0.2, 0.25) is 17.8 Å². The Bertz CT molecular complexity index is 1250. The minimum atomic E-state index is -0.318. The second-order valence-electron chi connectivity index (χ2n) is 6.60. The first kappa shape index (κ1) is 17.6. The topological polar surface area (TPSA) is 78.3 Å². The molecule has 1 aliphatic heterocycles. The van der Waals surface area contributed by atoms with E-state index in [1.165, 1.54) is 23.5 Å². The third kappa shape index (κ3) is 3.40. The van der Waals surface area contributed by atoms with E-state index in [1.54, 1.807) is 28.9 Å². The molecule has 0 aliphatic carbocycles. The number of rotatable bonds is 4. The lowest BCUT2D eigenvalue weighted by Gasteiger charge is -2.07. The van der Waals surface area contributed by atoms with Gasteiger partial charge in [0.15, 0.2) is 11.5 Å². The van der Waals surface area contributed by atoms with Gasteiger partial charge < -0.3 is 14.8 Å². The van der Waals surface area contributed by atoms with Gasteiger partial charge in [-0.15, -0.1) is 0 Å². The summed E-state index contributed by atoms with van der Waals surface area (Å²) in [5.41, 5.74) is 2.22. The molecule has 4 aromatic rings. The predicted octanol–water partition coefficient (Wildman–Crippen LogP) is 3.84. The van der Waals surface area contributed by atoms with E-state index in [2.05, 4.69) is 15.4 Å². The van der Waals surface area contributed by atoms with E-state index in [0.717, 1.165) is 11.3 Å². The van der Waals surface area contributed by atoms with Crippen LogP contribution in [0.2, 0.25) is 0 Å². The van der Waals surface area contributed by atoms with E-state index in [4.69, 9.17) is 9.47 Å². The molecule has 29 heavy (non-hydrogen) atoms. The zero-order valence-electron chi connectivity index (χ0n) is 15.3. The summed E-state index contributed by atoms with van der Waals surface area (Å²) in [5, 5.41) is 7.86. The molecule has 0 bridgehead atoms. The first-order valence-corrected chi connectivity index (χ1v) is 9.68. The van der Waals surface area contributed by atoms with Crippen molar-refractivity contribution in [2.45, 2.75) is 13.3 Å². The average molecular weight is 410 g/mol. The first-order chi connectivity index (χ1) is 14.0. The van der Waals surface area contributed by atoms with E-state index >= 15 is 0 Å². The van der Waals surface area contributed by atoms with Crippen LogP contribution in [0.4, 0.5) is 10.2 Å². The third-order valence-electron chi connectivity index (χ3n) is 4.42. The summed E-state index contributed by atoms with van der Waals surface area (Å²) in [6.07, 6.45) is 0.173. The summed E-state index contributed by atoms with van der Waals surface area (Å²) in [6.45, 7) is 2.02. The molecule has 146 valence electrons. The minimum Gasteiger partial charge on any atom is -0.454 e. The van der Waals surface area contributed by atoms with Crippen molar-refractivity contribution in [1.29, 1.82) is 0 Å². The number of nitrogens with zero attached hydrogens (tertiary/aromatic N) is 3. The van der Waals surface area contributed by atoms with Gasteiger partial charge in [0.05, 0.1) is 22.3 Å². The Kier molecular flexibility index (Phi) is 4.17. The number of carbonyl (C=O) groups excluding carboxylic acids is 1. The van der Waals surface area contributed by atoms with Crippen molar-refractivity contribution in [2.75, 3.05) is 12.1 Å². The zero-order valence-corrected chi connectivity index (χ0v) is 16.1. The normalized spacial score (nSPS) is 12.5. The molecule has 3 heterocycles. The summed E-state index contributed by atoms with van der Waals surface area (Å²) in [6, 6.07) is 11.6. The number of halogens is 1. The number of anilines is 1. The van der Waals surface area contributed by atoms with Crippen molar-refractivity contribution in [1.82, 2.24) is 14.8 Å². The highest BCUT2D eigenvalue weighted by Crippen LogP contribution is 2.33. The van der Waals surface area contributed by atoms with Gasteiger partial charge in [-0.3, -0.25) is 4.79 Å². The van der Waals surface area contributed by atoms with E-state index in [0.29, 0.717) is 32.7 Å². The van der Waals surface area contributed by atoms with Crippen LogP contribution in [0.3, 0.4) is 0 Å². The highest BCUT2D eigenvalue weighted by Gasteiger charge is 2.17. The summed E-state index contributed by atoms with van der Waals surface area (Å²) in [5.74, 6) is 1.31. The van der Waals surface area contributed by atoms with Crippen molar-refractivity contribution in [3.05, 3.63) is 59.5 Å². The van der Waals surface area contributed by atoms with E-state index in [-0.39, 0.29) is 24.9 Å². The summed E-state index contributed by atoms with van der Waals surface area (Å²) >= 11 is 1.30. The molecule has 1 aliphatic rings. The summed E-state index contributed by atoms with van der Waals surface area (Å²) in [7, 11) is 0. The Labute approximate surface area is 168 Å². The molecule has 5 rings (SSSR count). The Morgan fingerprint density at radius 3 is 2.97 bits per heavy atom. The van der Waals surface area contributed by atoms with E-state index in [1.807, 2.05) is 13.0 Å². The van der Waals surface area contributed by atoms with Crippen molar-refractivity contribution in [3.8, 4) is 16.6 Å². The van der Waals surface area contributed by atoms with Gasteiger partial charge in [-0.25, -0.2) is 9.37 Å². The molecular weight excluding hydrogens is 395 g/mol. The smallest absolute Gasteiger partial charge is 0.231 e. The Balaban J connectivity index is 1.39. The van der Waals surface area contributed by atoms with Crippen LogP contribution in [-0.2, 0) is 11.2 Å². The highest BCUT2D eigenvalue weighted by molar-refractivity contribution is 7.20. The number of fused-ring (bicyclic) bond motifs is 2. The number of aromatic nitrogens is 3. The number of thiazole rings is 1. The summed E-state index contributed by atoms with van der Waals surface area (Å²) < 4.78 is 26.4. The number of ether oxygens (including phenoxy) is 2. The third-order valence-corrected chi connectivity index (χ3v) is 5.41. The monoisotopic (exact) mass is 410 g/mol. The van der Waals surface area contributed by atoms with Crippen molar-refractivity contribution < 1.29 is 18.7 Å². The Morgan fingerprint density at radius 2 is 2.07 bits per heavy atom. The molecule has 1 N–H and O–H groups in total. The Morgan fingerprint density at radius 1 is 1.21 bits per heavy atom. The van der Waals surface area contributed by atoms with Gasteiger partial charge in [0, 0.05) is 6.07 Å². The number of hydrogen-bond acceptors (Lipinski definition) is 6. The van der Waals surface area contributed by atoms with Crippen LogP contribution in [-0.4, -0.2) is 27.5 Å². The maximum Gasteiger partial charge on any atom is 0.231 e. The molecule has 1 amide bonds. The van der Waals surface area contributed by atoms with E-state index < -0.39 is 0 Å². The van der Waals surface area contributed by atoms with Gasteiger partial charge in [-0.05, 0) is 42.8 Å². The second-order valence-corrected chi connectivity index (χ2v) is 7.61. The number of aryl methyl sites for hydroxylation is 1. The van der Waals surface area contributed by atoms with E-state index in [9.17, 15) is 9.18 Å². The SMILES string of the molecule is Cc1cc(NC(=O)Cc2ccc3c(c2)OCO3)n(-c2nc3ccc(F)cc3s2)n1. The lowest BCUT2D eigenvalue weighted by Crippen LogP contribution is -2.17. The Hall–Kier alpha value is -3.46. The average Bonchev–Trinajstić information content (AvgIpc) is 3.38. The number of nitrogens with one attached hydrogen (secondary N) is 1. The quantitative estimate of drug-likeness (QED) is 0.553. The van der Waals surface area contributed by atoms with Gasteiger partial charge in [-0.1, -0.05) is 17.4 Å². The van der Waals surface area contributed by atoms with Crippen LogP contribution in [0.1, 0.15) is 11.3 Å². The molecule has 0 saturated carbocycles. The molecule has 0 atom stereocenters. The maximum atomic E-state index is 13.5. The van der Waals surface area contributed by atoms with Crippen LogP contribution in [0.5, 0.6) is 11.5 Å². The molecule has 0 spiro atoms. The number of carbonyl (C=O) groups is 1. The fraction of sp³-hybridized carbons (Fsp3) is 0.150. The minimum absolute atomic E-state index is 0.173. The molecule has 0 unspecified atom stereocenters. The zero-order chi connectivity index (χ0) is 20.0. The van der Waals surface area contributed by atoms with Crippen LogP contribution < -0.4 is 14.8 Å². The van der Waals surface area contributed by atoms with Crippen molar-refractivity contribution >= 4 is 33.3 Å². The lowest BCUT2D eigenvalue weighted by atomic mass is 10.1.